The van der Waals surface area contributed by atoms with Crippen molar-refractivity contribution in [2.75, 3.05) is 0 Å². The average Bonchev–Trinajstić information content (AvgIpc) is 3.46. The van der Waals surface area contributed by atoms with Gasteiger partial charge >= 0.3 is 18.1 Å². The zero-order valence-electron chi connectivity index (χ0n) is 22.2. The molecule has 4 aliphatic rings. The molecule has 4 rings (SSSR count). The molecule has 7 heteroatoms. The molecule has 1 saturated heterocycles. The number of ether oxygens (including phenoxy) is 2. The van der Waals surface area contributed by atoms with E-state index in [1.54, 1.807) is 13.8 Å². The van der Waals surface area contributed by atoms with Crippen molar-refractivity contribution in [2.24, 2.45) is 35.0 Å². The molecule has 0 N–H and O–H groups in total. The van der Waals surface area contributed by atoms with Gasteiger partial charge in [0.15, 0.2) is 6.10 Å². The fourth-order valence-corrected chi connectivity index (χ4v) is 6.89. The molecule has 3 aliphatic carbocycles. The van der Waals surface area contributed by atoms with Gasteiger partial charge in [0.05, 0.1) is 5.92 Å². The minimum absolute atomic E-state index is 0.225. The lowest BCUT2D eigenvalue weighted by atomic mass is 9.75. The van der Waals surface area contributed by atoms with Gasteiger partial charge in [-0.2, -0.15) is 13.2 Å². The summed E-state index contributed by atoms with van der Waals surface area (Å²) in [4.78, 5) is 24.8. The molecule has 6 unspecified atom stereocenters. The summed E-state index contributed by atoms with van der Waals surface area (Å²) in [5.74, 6) is 1.48. The minimum atomic E-state index is -4.62. The molecule has 6 atom stereocenters. The fourth-order valence-electron chi connectivity index (χ4n) is 6.89. The average molecular weight is 503 g/mol. The van der Waals surface area contributed by atoms with E-state index in [1.165, 1.54) is 32.1 Å². The molecule has 4 fully saturated rings. The van der Waals surface area contributed by atoms with Crippen LogP contribution < -0.4 is 0 Å². The smallest absolute Gasteiger partial charge is 0.425 e. The first kappa shape index (κ1) is 28.3. The van der Waals surface area contributed by atoms with E-state index in [9.17, 15) is 22.8 Å². The van der Waals surface area contributed by atoms with E-state index < -0.39 is 41.2 Å². The van der Waals surface area contributed by atoms with E-state index in [4.69, 9.17) is 9.47 Å². The van der Waals surface area contributed by atoms with E-state index in [0.29, 0.717) is 19.3 Å². The van der Waals surface area contributed by atoms with Gasteiger partial charge in [0, 0.05) is 5.41 Å². The van der Waals surface area contributed by atoms with Gasteiger partial charge in [-0.05, 0) is 68.6 Å². The van der Waals surface area contributed by atoms with Gasteiger partial charge in [-0.25, -0.2) is 4.79 Å². The first-order valence-electron chi connectivity index (χ1n) is 13.8. The third-order valence-corrected chi connectivity index (χ3v) is 8.88. The molecule has 1 aliphatic heterocycles. The van der Waals surface area contributed by atoms with Crippen LogP contribution in [0.2, 0.25) is 0 Å². The Bertz CT molecular complexity index is 744. The number of rotatable bonds is 9. The zero-order valence-corrected chi connectivity index (χ0v) is 22.2. The molecule has 0 aromatic heterocycles. The van der Waals surface area contributed by atoms with Crippen molar-refractivity contribution in [3.05, 3.63) is 0 Å². The number of hydrogen-bond donors (Lipinski definition) is 0. The van der Waals surface area contributed by atoms with E-state index in [2.05, 4.69) is 20.8 Å². The van der Waals surface area contributed by atoms with Crippen LogP contribution in [0.3, 0.4) is 0 Å². The number of carbonyl (C=O) groups excluding carboxylic acids is 2. The van der Waals surface area contributed by atoms with E-state index >= 15 is 0 Å². The highest BCUT2D eigenvalue weighted by atomic mass is 19.4. The highest BCUT2D eigenvalue weighted by molar-refractivity contribution is 5.91. The van der Waals surface area contributed by atoms with Gasteiger partial charge in [0.25, 0.3) is 0 Å². The Labute approximate surface area is 209 Å². The third kappa shape index (κ3) is 6.18. The summed E-state index contributed by atoms with van der Waals surface area (Å²) >= 11 is 0. The molecule has 0 aromatic rings. The van der Waals surface area contributed by atoms with Crippen molar-refractivity contribution in [3.63, 3.8) is 0 Å². The highest BCUT2D eigenvalue weighted by Crippen LogP contribution is 2.59. The highest BCUT2D eigenvalue weighted by Gasteiger charge is 2.71. The normalized spacial score (nSPS) is 33.5. The zero-order chi connectivity index (χ0) is 26.0. The van der Waals surface area contributed by atoms with Crippen LogP contribution >= 0.6 is 0 Å². The Morgan fingerprint density at radius 2 is 1.71 bits per heavy atom. The molecular formula is C28H45F3O4. The summed E-state index contributed by atoms with van der Waals surface area (Å²) in [6.07, 6.45) is 3.41. The Balaban J connectivity index is 0.000000795. The van der Waals surface area contributed by atoms with Gasteiger partial charge in [0.1, 0.15) is 0 Å². The summed E-state index contributed by atoms with van der Waals surface area (Å²) in [6.45, 7) is 9.91. The van der Waals surface area contributed by atoms with Gasteiger partial charge in [-0.3, -0.25) is 4.79 Å². The lowest BCUT2D eigenvalue weighted by Gasteiger charge is -2.34. The second kappa shape index (κ2) is 11.0. The largest absolute Gasteiger partial charge is 0.450 e. The molecule has 1 heterocycles. The number of esters is 2. The standard InChI is InChI=1S/C24H35F3O4.C4H10/c1-22(2)18-11-12-23(22,31-20(18)28)21(29)30-19(24(25,26)27)8-6-4-3-5-7-16-13-15-9-10-17(16)14-15;1-4(2)3/h15-19H,3-14H2,1-2H3;4H,1-3H3. The maximum absolute atomic E-state index is 13.6. The molecular weight excluding hydrogens is 457 g/mol. The van der Waals surface area contributed by atoms with Crippen LogP contribution in [0.5, 0.6) is 0 Å². The summed E-state index contributed by atoms with van der Waals surface area (Å²) in [6, 6.07) is 0. The number of unbranched alkanes of at least 4 members (excludes halogenated alkanes) is 3. The number of fused-ring (bicyclic) bond motifs is 4. The first-order valence-corrected chi connectivity index (χ1v) is 13.8. The Morgan fingerprint density at radius 1 is 1.06 bits per heavy atom. The molecule has 35 heavy (non-hydrogen) atoms. The molecule has 4 bridgehead atoms. The Hall–Kier alpha value is -1.27. The SMILES string of the molecule is CC(C)C.CC1(C)C2CCC1(C(=O)OC(CCCCCCC1CC3CCC1C3)C(F)(F)F)OC2=O. The van der Waals surface area contributed by atoms with Crippen molar-refractivity contribution in [1.29, 1.82) is 0 Å². The lowest BCUT2D eigenvalue weighted by molar-refractivity contribution is -0.235. The molecule has 0 amide bonds. The van der Waals surface area contributed by atoms with Gasteiger partial charge in [-0.1, -0.05) is 66.7 Å². The maximum atomic E-state index is 13.6. The van der Waals surface area contributed by atoms with Gasteiger partial charge in [0.2, 0.25) is 5.60 Å². The summed E-state index contributed by atoms with van der Waals surface area (Å²) < 4.78 is 50.9. The third-order valence-electron chi connectivity index (χ3n) is 8.88. The van der Waals surface area contributed by atoms with Gasteiger partial charge < -0.3 is 9.47 Å². The molecule has 4 nitrogen and oxygen atoms in total. The number of carbonyl (C=O) groups is 2. The Morgan fingerprint density at radius 3 is 2.20 bits per heavy atom. The van der Waals surface area contributed by atoms with E-state index in [1.807, 2.05) is 0 Å². The topological polar surface area (TPSA) is 52.6 Å². The van der Waals surface area contributed by atoms with E-state index in [-0.39, 0.29) is 12.8 Å². The van der Waals surface area contributed by atoms with E-state index in [0.717, 1.165) is 36.5 Å². The number of halogens is 3. The molecule has 0 aromatic carbocycles. The van der Waals surface area contributed by atoms with Crippen LogP contribution in [0.1, 0.15) is 112 Å². The van der Waals surface area contributed by atoms with Crippen molar-refractivity contribution in [1.82, 2.24) is 0 Å². The molecule has 3 saturated carbocycles. The van der Waals surface area contributed by atoms with Crippen molar-refractivity contribution in [3.8, 4) is 0 Å². The van der Waals surface area contributed by atoms with Crippen molar-refractivity contribution in [2.45, 2.75) is 130 Å². The van der Waals surface area contributed by atoms with Crippen LogP contribution in [-0.4, -0.2) is 29.8 Å². The second-order valence-electron chi connectivity index (χ2n) is 12.7. The minimum Gasteiger partial charge on any atom is -0.450 e. The monoisotopic (exact) mass is 502 g/mol. The quantitative estimate of drug-likeness (QED) is 0.240. The van der Waals surface area contributed by atoms with Crippen LogP contribution in [0, 0.1) is 35.0 Å². The fraction of sp³-hybridized carbons (Fsp3) is 0.929. The van der Waals surface area contributed by atoms with Crippen molar-refractivity contribution < 1.29 is 32.2 Å². The second-order valence-corrected chi connectivity index (χ2v) is 12.7. The number of alkyl halides is 3. The van der Waals surface area contributed by atoms with Crippen molar-refractivity contribution >= 4 is 11.9 Å². The van der Waals surface area contributed by atoms with Crippen LogP contribution in [-0.2, 0) is 19.1 Å². The van der Waals surface area contributed by atoms with Crippen LogP contribution in [0.25, 0.3) is 0 Å². The number of hydrogen-bond acceptors (Lipinski definition) is 4. The lowest BCUT2D eigenvalue weighted by Crippen LogP contribution is -2.50. The molecule has 0 spiro atoms. The summed E-state index contributed by atoms with van der Waals surface area (Å²) in [5.41, 5.74) is -2.43. The van der Waals surface area contributed by atoms with Crippen LogP contribution in [0.15, 0.2) is 0 Å². The Kier molecular flexibility index (Phi) is 8.90. The van der Waals surface area contributed by atoms with Gasteiger partial charge in [-0.15, -0.1) is 0 Å². The predicted octanol–water partition coefficient (Wildman–Crippen LogP) is 7.63. The predicted molar refractivity (Wildman–Crippen MR) is 128 cm³/mol. The first-order chi connectivity index (χ1) is 16.3. The molecule has 202 valence electrons. The summed E-state index contributed by atoms with van der Waals surface area (Å²) in [5, 5.41) is 0. The summed E-state index contributed by atoms with van der Waals surface area (Å²) in [7, 11) is 0. The molecule has 0 radical (unpaired) electrons. The van der Waals surface area contributed by atoms with Crippen LogP contribution in [0.4, 0.5) is 13.2 Å². The maximum Gasteiger partial charge on any atom is 0.425 e.